The highest BCUT2D eigenvalue weighted by atomic mass is 32.1. The van der Waals surface area contributed by atoms with Crippen LogP contribution in [0.4, 0.5) is 17.1 Å². The van der Waals surface area contributed by atoms with Gasteiger partial charge in [-0.2, -0.15) is 0 Å². The number of hydrogen-bond donors (Lipinski definition) is 0. The summed E-state index contributed by atoms with van der Waals surface area (Å²) in [6.45, 7) is 0. The molecule has 54 heavy (non-hydrogen) atoms. The van der Waals surface area contributed by atoms with E-state index in [0.29, 0.717) is 0 Å². The summed E-state index contributed by atoms with van der Waals surface area (Å²) >= 11 is 1.88. The summed E-state index contributed by atoms with van der Waals surface area (Å²) < 4.78 is 2.66. The van der Waals surface area contributed by atoms with Crippen LogP contribution in [-0.4, -0.2) is 0 Å². The van der Waals surface area contributed by atoms with Crippen LogP contribution in [0.1, 0.15) is 0 Å². The Labute approximate surface area is 317 Å². The quantitative estimate of drug-likeness (QED) is 0.161. The molecule has 0 saturated carbocycles. The van der Waals surface area contributed by atoms with Gasteiger partial charge in [0.1, 0.15) is 0 Å². The van der Waals surface area contributed by atoms with E-state index in [-0.39, 0.29) is 0 Å². The minimum absolute atomic E-state index is 1.11. The molecule has 0 radical (unpaired) electrons. The van der Waals surface area contributed by atoms with Crippen LogP contribution in [0.25, 0.3) is 85.5 Å². The van der Waals surface area contributed by atoms with E-state index in [1.807, 2.05) is 11.3 Å². The van der Waals surface area contributed by atoms with Crippen molar-refractivity contribution in [2.45, 2.75) is 0 Å². The number of hydrogen-bond acceptors (Lipinski definition) is 2. The molecule has 252 valence electrons. The van der Waals surface area contributed by atoms with Gasteiger partial charge in [0.05, 0.1) is 5.69 Å². The Balaban J connectivity index is 1.12. The lowest BCUT2D eigenvalue weighted by atomic mass is 9.93. The Morgan fingerprint density at radius 2 is 0.889 bits per heavy atom. The molecule has 0 fully saturated rings. The van der Waals surface area contributed by atoms with Crippen molar-refractivity contribution < 1.29 is 0 Å². The fourth-order valence-corrected chi connectivity index (χ4v) is 9.76. The number of rotatable bonds is 5. The summed E-state index contributed by atoms with van der Waals surface area (Å²) in [5.74, 6) is 0. The zero-order chi connectivity index (χ0) is 35.6. The van der Waals surface area contributed by atoms with Crippen LogP contribution in [0.5, 0.6) is 0 Å². The number of anilines is 3. The monoisotopic (exact) mass is 703 g/mol. The van der Waals surface area contributed by atoms with Gasteiger partial charge in [0.2, 0.25) is 0 Å². The molecule has 10 aromatic carbocycles. The van der Waals surface area contributed by atoms with Crippen molar-refractivity contribution in [3.63, 3.8) is 0 Å². The van der Waals surface area contributed by atoms with Gasteiger partial charge in [0.15, 0.2) is 0 Å². The van der Waals surface area contributed by atoms with Gasteiger partial charge in [-0.05, 0) is 102 Å². The zero-order valence-electron chi connectivity index (χ0n) is 29.4. The van der Waals surface area contributed by atoms with Crippen molar-refractivity contribution in [3.8, 4) is 22.3 Å². The van der Waals surface area contributed by atoms with E-state index in [0.717, 1.165) is 17.1 Å². The number of benzene rings is 10. The van der Waals surface area contributed by atoms with Crippen molar-refractivity contribution in [3.05, 3.63) is 200 Å². The van der Waals surface area contributed by atoms with Crippen molar-refractivity contribution in [2.24, 2.45) is 0 Å². The van der Waals surface area contributed by atoms with Gasteiger partial charge in [0, 0.05) is 36.9 Å². The summed E-state index contributed by atoms with van der Waals surface area (Å²) in [4.78, 5) is 2.45. The SMILES string of the molecule is c1cc(-c2cc3ccccc3c3ccccc23)cc(N(c2ccc(-c3cccc4c3sc3ccccc34)cc2)c2cc3ccccc3c3ccccc23)c1. The minimum Gasteiger partial charge on any atom is -0.310 e. The molecule has 1 aromatic heterocycles. The molecule has 0 saturated heterocycles. The maximum atomic E-state index is 2.45. The van der Waals surface area contributed by atoms with Gasteiger partial charge in [-0.3, -0.25) is 0 Å². The molecule has 1 nitrogen and oxygen atoms in total. The van der Waals surface area contributed by atoms with Gasteiger partial charge in [-0.25, -0.2) is 0 Å². The second kappa shape index (κ2) is 12.4. The molecule has 0 aliphatic carbocycles. The van der Waals surface area contributed by atoms with Crippen molar-refractivity contribution in [1.82, 2.24) is 0 Å². The highest BCUT2D eigenvalue weighted by Crippen LogP contribution is 2.45. The van der Waals surface area contributed by atoms with Crippen molar-refractivity contribution in [1.29, 1.82) is 0 Å². The molecule has 0 N–H and O–H groups in total. The van der Waals surface area contributed by atoms with Crippen LogP contribution < -0.4 is 4.90 Å². The van der Waals surface area contributed by atoms with Crippen molar-refractivity contribution >= 4 is 91.7 Å². The first-order chi connectivity index (χ1) is 26.8. The van der Waals surface area contributed by atoms with Crippen LogP contribution in [0, 0.1) is 0 Å². The lowest BCUT2D eigenvalue weighted by Crippen LogP contribution is -2.11. The Morgan fingerprint density at radius 1 is 0.315 bits per heavy atom. The van der Waals surface area contributed by atoms with Crippen LogP contribution in [0.2, 0.25) is 0 Å². The molecule has 2 heteroatoms. The average Bonchev–Trinajstić information content (AvgIpc) is 3.63. The molecule has 0 bridgehead atoms. The largest absolute Gasteiger partial charge is 0.310 e. The van der Waals surface area contributed by atoms with E-state index < -0.39 is 0 Å². The molecule has 0 spiro atoms. The predicted octanol–water partition coefficient (Wildman–Crippen LogP) is 15.5. The Bertz CT molecular complexity index is 3230. The second-order valence-electron chi connectivity index (χ2n) is 14.1. The van der Waals surface area contributed by atoms with Gasteiger partial charge < -0.3 is 4.90 Å². The molecule has 0 amide bonds. The molecule has 11 rings (SSSR count). The molecule has 0 aliphatic rings. The first-order valence-electron chi connectivity index (χ1n) is 18.5. The van der Waals surface area contributed by atoms with Crippen LogP contribution in [0.15, 0.2) is 200 Å². The summed E-state index contributed by atoms with van der Waals surface area (Å²) in [5, 5.41) is 12.7. The first-order valence-corrected chi connectivity index (χ1v) is 19.3. The Hall–Kier alpha value is -6.74. The Morgan fingerprint density at radius 3 is 1.65 bits per heavy atom. The van der Waals surface area contributed by atoms with Gasteiger partial charge in [-0.15, -0.1) is 11.3 Å². The minimum atomic E-state index is 1.11. The molecule has 0 atom stereocenters. The molecule has 0 aliphatic heterocycles. The topological polar surface area (TPSA) is 3.24 Å². The summed E-state index contributed by atoms with van der Waals surface area (Å²) in [6, 6.07) is 73.5. The van der Waals surface area contributed by atoms with Crippen LogP contribution in [0.3, 0.4) is 0 Å². The smallest absolute Gasteiger partial charge is 0.0546 e. The fraction of sp³-hybridized carbons (Fsp3) is 0. The summed E-state index contributed by atoms with van der Waals surface area (Å²) in [7, 11) is 0. The number of nitrogens with zero attached hydrogens (tertiary/aromatic N) is 1. The zero-order valence-corrected chi connectivity index (χ0v) is 30.2. The van der Waals surface area contributed by atoms with E-state index in [4.69, 9.17) is 0 Å². The summed E-state index contributed by atoms with van der Waals surface area (Å²) in [6.07, 6.45) is 0. The van der Waals surface area contributed by atoms with Crippen LogP contribution in [-0.2, 0) is 0 Å². The maximum absolute atomic E-state index is 2.45. The second-order valence-corrected chi connectivity index (χ2v) is 15.1. The third-order valence-corrected chi connectivity index (χ3v) is 12.2. The highest BCUT2D eigenvalue weighted by Gasteiger charge is 2.19. The van der Waals surface area contributed by atoms with E-state index >= 15 is 0 Å². The Kier molecular flexibility index (Phi) is 7.11. The molecular weight excluding hydrogens is 671 g/mol. The molecule has 1 heterocycles. The van der Waals surface area contributed by atoms with E-state index in [1.165, 1.54) is 85.5 Å². The van der Waals surface area contributed by atoms with Crippen LogP contribution >= 0.6 is 11.3 Å². The third kappa shape index (κ3) is 4.92. The highest BCUT2D eigenvalue weighted by molar-refractivity contribution is 7.26. The third-order valence-electron chi connectivity index (χ3n) is 11.0. The average molecular weight is 704 g/mol. The standard InChI is InChI=1S/C52H33NS/c1-3-17-40-36(13-1)32-49(45-21-6-5-19-43(40)45)35-15-11-16-39(31-35)53(50-33-37-14-2-4-18-41(37)44-20-7-8-22-46(44)50)38-29-27-34(28-30-38)42-24-12-25-48-47-23-9-10-26-51(47)54-52(42)48/h1-33H. The van der Waals surface area contributed by atoms with Gasteiger partial charge in [-0.1, -0.05) is 158 Å². The molecule has 11 aromatic rings. The lowest BCUT2D eigenvalue weighted by Gasteiger charge is -2.28. The van der Waals surface area contributed by atoms with Crippen molar-refractivity contribution in [2.75, 3.05) is 4.90 Å². The predicted molar refractivity (Wildman–Crippen MR) is 235 cm³/mol. The fourth-order valence-electron chi connectivity index (χ4n) is 8.52. The maximum Gasteiger partial charge on any atom is 0.0546 e. The summed E-state index contributed by atoms with van der Waals surface area (Å²) in [5.41, 5.74) is 8.31. The van der Waals surface area contributed by atoms with Gasteiger partial charge >= 0.3 is 0 Å². The first kappa shape index (κ1) is 30.8. The number of thiophene rings is 1. The lowest BCUT2D eigenvalue weighted by molar-refractivity contribution is 1.30. The van der Waals surface area contributed by atoms with Gasteiger partial charge in [0.25, 0.3) is 0 Å². The van der Waals surface area contributed by atoms with E-state index in [2.05, 4.69) is 205 Å². The molecule has 0 unspecified atom stereocenters. The van der Waals surface area contributed by atoms with E-state index in [1.54, 1.807) is 0 Å². The number of fused-ring (bicyclic) bond motifs is 9. The van der Waals surface area contributed by atoms with E-state index in [9.17, 15) is 0 Å². The molecular formula is C52H33NS. The normalized spacial score (nSPS) is 11.7.